The first-order chi connectivity index (χ1) is 10.5. The number of hydrogen-bond acceptors (Lipinski definition) is 4. The van der Waals surface area contributed by atoms with Gasteiger partial charge in [0.25, 0.3) is 5.91 Å². The Bertz CT molecular complexity index is 769. The highest BCUT2D eigenvalue weighted by Gasteiger charge is 2.29. The van der Waals surface area contributed by atoms with E-state index in [2.05, 4.69) is 4.98 Å². The lowest BCUT2D eigenvalue weighted by Crippen LogP contribution is -2.25. The number of hydrogen-bond donors (Lipinski definition) is 0. The molecule has 0 atom stereocenters. The number of carbonyl (C=O) groups excluding carboxylic acids is 2. The lowest BCUT2D eigenvalue weighted by Gasteiger charge is -2.15. The van der Waals surface area contributed by atoms with E-state index >= 15 is 0 Å². The fraction of sp³-hybridized carbons (Fsp3) is 0.267. The summed E-state index contributed by atoms with van der Waals surface area (Å²) in [5.41, 5.74) is 1.68. The van der Waals surface area contributed by atoms with Crippen LogP contribution in [-0.2, 0) is 11.3 Å². The third-order valence-electron chi connectivity index (χ3n) is 3.53. The fourth-order valence-corrected chi connectivity index (χ4v) is 2.64. The predicted octanol–water partition coefficient (Wildman–Crippen LogP) is 2.43. The molecule has 1 amide bonds. The van der Waals surface area contributed by atoms with Crippen LogP contribution < -0.4 is 4.74 Å². The molecule has 114 valence electrons. The van der Waals surface area contributed by atoms with Crippen molar-refractivity contribution in [3.05, 3.63) is 40.8 Å². The zero-order valence-corrected chi connectivity index (χ0v) is 12.9. The van der Waals surface area contributed by atoms with E-state index in [9.17, 15) is 9.59 Å². The Labute approximate surface area is 132 Å². The molecule has 0 spiro atoms. The van der Waals surface area contributed by atoms with Gasteiger partial charge in [-0.3, -0.25) is 14.2 Å². The van der Waals surface area contributed by atoms with Gasteiger partial charge in [0, 0.05) is 13.5 Å². The SMILES string of the molecule is CCC(=O)Oc1ncn2c1CN(C)C(=O)c1c(Cl)cccc1-2. The Balaban J connectivity index is 2.18. The van der Waals surface area contributed by atoms with Gasteiger partial charge >= 0.3 is 5.97 Å². The van der Waals surface area contributed by atoms with E-state index in [0.717, 1.165) is 0 Å². The number of halogens is 1. The van der Waals surface area contributed by atoms with Crippen LogP contribution in [-0.4, -0.2) is 33.4 Å². The molecule has 1 aromatic carbocycles. The minimum Gasteiger partial charge on any atom is -0.405 e. The van der Waals surface area contributed by atoms with Crippen molar-refractivity contribution in [3.63, 3.8) is 0 Å². The molecular formula is C15H14ClN3O3. The normalized spacial score (nSPS) is 13.4. The molecule has 0 bridgehead atoms. The smallest absolute Gasteiger partial charge is 0.312 e. The number of nitrogens with zero attached hydrogens (tertiary/aromatic N) is 3. The van der Waals surface area contributed by atoms with E-state index in [1.807, 2.05) is 0 Å². The highest BCUT2D eigenvalue weighted by molar-refractivity contribution is 6.34. The second-order valence-electron chi connectivity index (χ2n) is 4.99. The van der Waals surface area contributed by atoms with E-state index in [-0.39, 0.29) is 30.7 Å². The molecule has 0 unspecified atom stereocenters. The molecule has 0 aliphatic carbocycles. The van der Waals surface area contributed by atoms with Gasteiger partial charge in [-0.05, 0) is 12.1 Å². The summed E-state index contributed by atoms with van der Waals surface area (Å²) in [4.78, 5) is 29.7. The molecule has 0 saturated carbocycles. The maximum Gasteiger partial charge on any atom is 0.312 e. The largest absolute Gasteiger partial charge is 0.405 e. The highest BCUT2D eigenvalue weighted by atomic mass is 35.5. The fourth-order valence-electron chi connectivity index (χ4n) is 2.39. The van der Waals surface area contributed by atoms with Gasteiger partial charge in [0.05, 0.1) is 22.8 Å². The second kappa shape index (κ2) is 5.46. The molecule has 1 aliphatic heterocycles. The van der Waals surface area contributed by atoms with E-state index in [1.54, 1.807) is 36.7 Å². The Morgan fingerprint density at radius 2 is 2.23 bits per heavy atom. The van der Waals surface area contributed by atoms with Crippen molar-refractivity contribution in [3.8, 4) is 11.6 Å². The van der Waals surface area contributed by atoms with Gasteiger partial charge < -0.3 is 9.64 Å². The van der Waals surface area contributed by atoms with Gasteiger partial charge in [-0.15, -0.1) is 0 Å². The van der Waals surface area contributed by atoms with E-state index in [1.165, 1.54) is 11.2 Å². The van der Waals surface area contributed by atoms with Crippen LogP contribution in [0.15, 0.2) is 24.5 Å². The minimum atomic E-state index is -0.369. The lowest BCUT2D eigenvalue weighted by atomic mass is 10.1. The summed E-state index contributed by atoms with van der Waals surface area (Å²) >= 11 is 6.19. The van der Waals surface area contributed by atoms with Crippen LogP contribution in [0.3, 0.4) is 0 Å². The summed E-state index contributed by atoms with van der Waals surface area (Å²) in [6.07, 6.45) is 1.79. The Kier molecular flexibility index (Phi) is 3.62. The van der Waals surface area contributed by atoms with Crippen molar-refractivity contribution in [2.75, 3.05) is 7.05 Å². The summed E-state index contributed by atoms with van der Waals surface area (Å²) in [6, 6.07) is 5.22. The molecule has 0 fully saturated rings. The summed E-state index contributed by atoms with van der Waals surface area (Å²) in [6.45, 7) is 1.98. The molecule has 22 heavy (non-hydrogen) atoms. The van der Waals surface area contributed by atoms with E-state index in [0.29, 0.717) is 22.0 Å². The minimum absolute atomic E-state index is 0.183. The van der Waals surface area contributed by atoms with E-state index < -0.39 is 0 Å². The van der Waals surface area contributed by atoms with Gasteiger partial charge in [-0.1, -0.05) is 24.6 Å². The number of aromatic nitrogens is 2. The third-order valence-corrected chi connectivity index (χ3v) is 3.84. The number of imidazole rings is 1. The average Bonchev–Trinajstić information content (AvgIpc) is 2.83. The Morgan fingerprint density at radius 1 is 1.45 bits per heavy atom. The van der Waals surface area contributed by atoms with Gasteiger partial charge in [0.1, 0.15) is 12.0 Å². The first-order valence-corrected chi connectivity index (χ1v) is 7.22. The molecule has 7 heteroatoms. The number of rotatable bonds is 2. The van der Waals surface area contributed by atoms with Gasteiger partial charge in [-0.2, -0.15) is 0 Å². The molecule has 0 N–H and O–H groups in total. The van der Waals surface area contributed by atoms with Crippen LogP contribution in [0, 0.1) is 0 Å². The quantitative estimate of drug-likeness (QED) is 0.797. The monoisotopic (exact) mass is 319 g/mol. The standard InChI is InChI=1S/C15H14ClN3O3/c1-3-12(20)22-14-11-7-18(2)15(21)13-9(16)5-4-6-10(13)19(11)8-17-14/h4-6,8H,3,7H2,1-2H3. The molecule has 2 aromatic rings. The zero-order chi connectivity index (χ0) is 15.9. The average molecular weight is 320 g/mol. The molecule has 1 aliphatic rings. The lowest BCUT2D eigenvalue weighted by molar-refractivity contribution is -0.134. The topological polar surface area (TPSA) is 64.4 Å². The third kappa shape index (κ3) is 2.25. The zero-order valence-electron chi connectivity index (χ0n) is 12.2. The van der Waals surface area contributed by atoms with Crippen LogP contribution in [0.2, 0.25) is 5.02 Å². The molecule has 1 aromatic heterocycles. The van der Waals surface area contributed by atoms with Crippen molar-refractivity contribution in [1.29, 1.82) is 0 Å². The molecule has 0 saturated heterocycles. The van der Waals surface area contributed by atoms with Crippen LogP contribution >= 0.6 is 11.6 Å². The number of esters is 1. The number of amides is 1. The summed E-state index contributed by atoms with van der Waals surface area (Å²) in [7, 11) is 1.67. The molecule has 0 radical (unpaired) electrons. The molecule has 3 rings (SSSR count). The van der Waals surface area contributed by atoms with Gasteiger partial charge in [0.2, 0.25) is 5.88 Å². The number of ether oxygens (including phenoxy) is 1. The maximum absolute atomic E-state index is 12.5. The van der Waals surface area contributed by atoms with Crippen molar-refractivity contribution in [1.82, 2.24) is 14.5 Å². The summed E-state index contributed by atoms with van der Waals surface area (Å²) in [5, 5.41) is 0.378. The van der Waals surface area contributed by atoms with Crippen molar-refractivity contribution < 1.29 is 14.3 Å². The van der Waals surface area contributed by atoms with Gasteiger partial charge in [0.15, 0.2) is 0 Å². The number of carbonyl (C=O) groups is 2. The van der Waals surface area contributed by atoms with Crippen molar-refractivity contribution >= 4 is 23.5 Å². The van der Waals surface area contributed by atoms with Crippen LogP contribution in [0.1, 0.15) is 29.4 Å². The van der Waals surface area contributed by atoms with Crippen molar-refractivity contribution in [2.45, 2.75) is 19.9 Å². The van der Waals surface area contributed by atoms with Crippen LogP contribution in [0.4, 0.5) is 0 Å². The van der Waals surface area contributed by atoms with Crippen LogP contribution in [0.25, 0.3) is 5.69 Å². The Hall–Kier alpha value is -2.34. The first kappa shape index (κ1) is 14.6. The predicted molar refractivity (Wildman–Crippen MR) is 80.3 cm³/mol. The van der Waals surface area contributed by atoms with Gasteiger partial charge in [-0.25, -0.2) is 4.98 Å². The molecular weight excluding hydrogens is 306 g/mol. The maximum atomic E-state index is 12.5. The first-order valence-electron chi connectivity index (χ1n) is 6.84. The van der Waals surface area contributed by atoms with E-state index in [4.69, 9.17) is 16.3 Å². The van der Waals surface area contributed by atoms with Crippen molar-refractivity contribution in [2.24, 2.45) is 0 Å². The number of benzene rings is 1. The second-order valence-corrected chi connectivity index (χ2v) is 5.40. The number of fused-ring (bicyclic) bond motifs is 3. The molecule has 2 heterocycles. The Morgan fingerprint density at radius 3 is 2.95 bits per heavy atom. The highest BCUT2D eigenvalue weighted by Crippen LogP contribution is 2.32. The van der Waals surface area contributed by atoms with Crippen LogP contribution in [0.5, 0.6) is 5.88 Å². The summed E-state index contributed by atoms with van der Waals surface area (Å²) in [5.74, 6) is -0.331. The molecule has 6 nitrogen and oxygen atoms in total. The summed E-state index contributed by atoms with van der Waals surface area (Å²) < 4.78 is 6.98.